The van der Waals surface area contributed by atoms with E-state index in [9.17, 15) is 4.79 Å². The van der Waals surface area contributed by atoms with Crippen LogP contribution in [0.5, 0.6) is 0 Å². The standard InChI is InChI=1S/C12H15NO/c1-10(7-8-12(13)14)9-11-5-3-2-4-6-11/h2-6,9H,7-8H2,1H3,(H2,13,14). The van der Waals surface area contributed by atoms with Crippen molar-refractivity contribution < 1.29 is 4.79 Å². The summed E-state index contributed by atoms with van der Waals surface area (Å²) >= 11 is 0. The number of rotatable bonds is 4. The number of hydrogen-bond donors (Lipinski definition) is 1. The Kier molecular flexibility index (Phi) is 3.92. The number of primary amides is 1. The number of benzene rings is 1. The van der Waals surface area contributed by atoms with Crippen LogP contribution in [0, 0.1) is 0 Å². The number of hydrogen-bond acceptors (Lipinski definition) is 1. The minimum Gasteiger partial charge on any atom is -0.370 e. The summed E-state index contributed by atoms with van der Waals surface area (Å²) in [5, 5.41) is 0. The van der Waals surface area contributed by atoms with E-state index in [2.05, 4.69) is 6.08 Å². The summed E-state index contributed by atoms with van der Waals surface area (Å²) in [6.45, 7) is 2.01. The number of amides is 1. The van der Waals surface area contributed by atoms with Gasteiger partial charge in [0.15, 0.2) is 0 Å². The summed E-state index contributed by atoms with van der Waals surface area (Å²) in [5.74, 6) is -0.245. The van der Waals surface area contributed by atoms with Crippen LogP contribution < -0.4 is 5.73 Å². The first-order valence-corrected chi connectivity index (χ1v) is 4.69. The molecule has 1 aromatic carbocycles. The molecule has 2 heteroatoms. The van der Waals surface area contributed by atoms with Crippen molar-refractivity contribution in [2.24, 2.45) is 5.73 Å². The van der Waals surface area contributed by atoms with Crippen molar-refractivity contribution in [3.05, 3.63) is 41.5 Å². The van der Waals surface area contributed by atoms with E-state index in [0.29, 0.717) is 6.42 Å². The Morgan fingerprint density at radius 2 is 1.93 bits per heavy atom. The molecule has 0 saturated carbocycles. The zero-order valence-electron chi connectivity index (χ0n) is 8.36. The summed E-state index contributed by atoms with van der Waals surface area (Å²) in [6.07, 6.45) is 3.24. The molecule has 1 aromatic rings. The third-order valence-corrected chi connectivity index (χ3v) is 1.98. The van der Waals surface area contributed by atoms with Crippen LogP contribution >= 0.6 is 0 Å². The molecule has 1 amide bonds. The van der Waals surface area contributed by atoms with E-state index in [1.807, 2.05) is 37.3 Å². The first-order chi connectivity index (χ1) is 6.68. The Bertz CT molecular complexity index is 327. The second-order valence-electron chi connectivity index (χ2n) is 3.37. The van der Waals surface area contributed by atoms with Gasteiger partial charge in [-0.15, -0.1) is 0 Å². The molecule has 0 aliphatic heterocycles. The quantitative estimate of drug-likeness (QED) is 0.776. The van der Waals surface area contributed by atoms with Gasteiger partial charge in [-0.3, -0.25) is 4.79 Å². The molecule has 0 atom stereocenters. The van der Waals surface area contributed by atoms with Gasteiger partial charge in [-0.1, -0.05) is 42.0 Å². The van der Waals surface area contributed by atoms with E-state index in [1.165, 1.54) is 5.57 Å². The Hall–Kier alpha value is -1.57. The van der Waals surface area contributed by atoms with Crippen molar-refractivity contribution in [3.63, 3.8) is 0 Å². The fourth-order valence-electron chi connectivity index (χ4n) is 1.23. The molecule has 14 heavy (non-hydrogen) atoms. The van der Waals surface area contributed by atoms with Crippen molar-refractivity contribution in [2.75, 3.05) is 0 Å². The van der Waals surface area contributed by atoms with Crippen molar-refractivity contribution in [3.8, 4) is 0 Å². The molecule has 0 saturated heterocycles. The largest absolute Gasteiger partial charge is 0.370 e. The first kappa shape index (κ1) is 10.5. The lowest BCUT2D eigenvalue weighted by molar-refractivity contribution is -0.117. The van der Waals surface area contributed by atoms with Gasteiger partial charge in [0.05, 0.1) is 0 Å². The average molecular weight is 189 g/mol. The van der Waals surface area contributed by atoms with E-state index < -0.39 is 0 Å². The van der Waals surface area contributed by atoms with Crippen LogP contribution in [0.15, 0.2) is 35.9 Å². The van der Waals surface area contributed by atoms with Gasteiger partial charge in [0.2, 0.25) is 5.91 Å². The Balaban J connectivity index is 2.56. The summed E-state index contributed by atoms with van der Waals surface area (Å²) in [6, 6.07) is 10.0. The normalized spacial score (nSPS) is 11.4. The maximum absolute atomic E-state index is 10.6. The van der Waals surface area contributed by atoms with Crippen LogP contribution in [0.3, 0.4) is 0 Å². The van der Waals surface area contributed by atoms with Crippen LogP contribution in [-0.2, 0) is 4.79 Å². The Morgan fingerprint density at radius 3 is 2.50 bits per heavy atom. The topological polar surface area (TPSA) is 43.1 Å². The van der Waals surface area contributed by atoms with E-state index in [-0.39, 0.29) is 5.91 Å². The fourth-order valence-corrected chi connectivity index (χ4v) is 1.23. The van der Waals surface area contributed by atoms with Gasteiger partial charge in [0.25, 0.3) is 0 Å². The molecule has 0 aromatic heterocycles. The zero-order valence-corrected chi connectivity index (χ0v) is 8.36. The van der Waals surface area contributed by atoms with Crippen molar-refractivity contribution >= 4 is 12.0 Å². The number of carbonyl (C=O) groups is 1. The van der Waals surface area contributed by atoms with Crippen LogP contribution in [0.4, 0.5) is 0 Å². The summed E-state index contributed by atoms with van der Waals surface area (Å²) < 4.78 is 0. The van der Waals surface area contributed by atoms with Crippen molar-refractivity contribution in [1.82, 2.24) is 0 Å². The first-order valence-electron chi connectivity index (χ1n) is 4.69. The Morgan fingerprint density at radius 1 is 1.29 bits per heavy atom. The van der Waals surface area contributed by atoms with Crippen LogP contribution in [0.25, 0.3) is 6.08 Å². The van der Waals surface area contributed by atoms with Gasteiger partial charge in [0.1, 0.15) is 0 Å². The molecule has 0 bridgehead atoms. The lowest BCUT2D eigenvalue weighted by Gasteiger charge is -1.99. The fraction of sp³-hybridized carbons (Fsp3) is 0.250. The van der Waals surface area contributed by atoms with E-state index in [1.54, 1.807) is 0 Å². The van der Waals surface area contributed by atoms with Crippen molar-refractivity contribution in [1.29, 1.82) is 0 Å². The number of carbonyl (C=O) groups excluding carboxylic acids is 1. The van der Waals surface area contributed by atoms with E-state index in [0.717, 1.165) is 12.0 Å². The molecule has 0 fully saturated rings. The minimum atomic E-state index is -0.245. The summed E-state index contributed by atoms with van der Waals surface area (Å²) in [4.78, 5) is 10.6. The van der Waals surface area contributed by atoms with Gasteiger partial charge < -0.3 is 5.73 Å². The predicted molar refractivity (Wildman–Crippen MR) is 58.5 cm³/mol. The second-order valence-corrected chi connectivity index (χ2v) is 3.37. The molecule has 2 nitrogen and oxygen atoms in total. The van der Waals surface area contributed by atoms with Gasteiger partial charge in [-0.2, -0.15) is 0 Å². The lowest BCUT2D eigenvalue weighted by atomic mass is 10.1. The second kappa shape index (κ2) is 5.22. The molecule has 1 rings (SSSR count). The van der Waals surface area contributed by atoms with E-state index in [4.69, 9.17) is 5.73 Å². The SMILES string of the molecule is CC(=Cc1ccccc1)CCC(N)=O. The highest BCUT2D eigenvalue weighted by Crippen LogP contribution is 2.10. The maximum atomic E-state index is 10.6. The molecule has 0 heterocycles. The molecule has 0 unspecified atom stereocenters. The third-order valence-electron chi connectivity index (χ3n) is 1.98. The van der Waals surface area contributed by atoms with Crippen molar-refractivity contribution in [2.45, 2.75) is 19.8 Å². The van der Waals surface area contributed by atoms with Gasteiger partial charge >= 0.3 is 0 Å². The van der Waals surface area contributed by atoms with E-state index >= 15 is 0 Å². The zero-order chi connectivity index (χ0) is 10.4. The highest BCUT2D eigenvalue weighted by atomic mass is 16.1. The summed E-state index contributed by atoms with van der Waals surface area (Å²) in [7, 11) is 0. The number of allylic oxidation sites excluding steroid dienone is 1. The molecule has 0 spiro atoms. The molecule has 2 N–H and O–H groups in total. The smallest absolute Gasteiger partial charge is 0.217 e. The highest BCUT2D eigenvalue weighted by molar-refractivity contribution is 5.74. The van der Waals surface area contributed by atoms with Crippen LogP contribution in [0.2, 0.25) is 0 Å². The molecule has 0 aliphatic carbocycles. The third kappa shape index (κ3) is 3.90. The predicted octanol–water partition coefficient (Wildman–Crippen LogP) is 2.36. The summed E-state index contributed by atoms with van der Waals surface area (Å²) in [5.41, 5.74) is 7.41. The van der Waals surface area contributed by atoms with Gasteiger partial charge in [-0.05, 0) is 18.9 Å². The van der Waals surface area contributed by atoms with Crippen LogP contribution in [0.1, 0.15) is 25.3 Å². The highest BCUT2D eigenvalue weighted by Gasteiger charge is 1.95. The molecule has 0 aliphatic rings. The Labute approximate surface area is 84.4 Å². The maximum Gasteiger partial charge on any atom is 0.217 e. The molecule has 0 radical (unpaired) electrons. The molecular formula is C12H15NO. The monoisotopic (exact) mass is 189 g/mol. The average Bonchev–Trinajstić information content (AvgIpc) is 2.16. The number of nitrogens with two attached hydrogens (primary N) is 1. The lowest BCUT2D eigenvalue weighted by Crippen LogP contribution is -2.09. The van der Waals surface area contributed by atoms with Gasteiger partial charge in [0, 0.05) is 6.42 Å². The molecule has 74 valence electrons. The molecular weight excluding hydrogens is 174 g/mol. The minimum absolute atomic E-state index is 0.245. The van der Waals surface area contributed by atoms with Crippen LogP contribution in [-0.4, -0.2) is 5.91 Å². The van der Waals surface area contributed by atoms with Gasteiger partial charge in [-0.25, -0.2) is 0 Å².